The third kappa shape index (κ3) is 2.61. The van der Waals surface area contributed by atoms with E-state index in [9.17, 15) is 4.79 Å². The number of aromatic nitrogens is 1. The predicted molar refractivity (Wildman–Crippen MR) is 46.6 cm³/mol. The van der Waals surface area contributed by atoms with E-state index in [1.54, 1.807) is 0 Å². The van der Waals surface area contributed by atoms with Gasteiger partial charge in [0.15, 0.2) is 5.82 Å². The second-order valence-corrected chi connectivity index (χ2v) is 2.39. The van der Waals surface area contributed by atoms with Gasteiger partial charge in [-0.3, -0.25) is 4.79 Å². The molecule has 1 atom stereocenters. The Hall–Kier alpha value is -1.80. The highest BCUT2D eigenvalue weighted by Crippen LogP contribution is 2.01. The van der Waals surface area contributed by atoms with Crippen LogP contribution >= 0.6 is 0 Å². The van der Waals surface area contributed by atoms with E-state index in [1.165, 1.54) is 12.3 Å². The summed E-state index contributed by atoms with van der Waals surface area (Å²) in [5.41, 5.74) is 5.43. The van der Waals surface area contributed by atoms with Crippen LogP contribution in [0.4, 0.5) is 5.82 Å². The van der Waals surface area contributed by atoms with E-state index in [-0.39, 0.29) is 12.3 Å². The molecule has 1 amide bonds. The summed E-state index contributed by atoms with van der Waals surface area (Å²) in [7, 11) is 0. The van der Waals surface area contributed by atoms with Gasteiger partial charge in [0.05, 0.1) is 6.04 Å². The Labute approximate surface area is 75.3 Å². The molecule has 0 bridgehead atoms. The SMILES string of the molecule is C#CCC(N)C(=O)Nc1ccon1. The number of nitrogens with one attached hydrogen (secondary N) is 1. The van der Waals surface area contributed by atoms with Crippen LogP contribution in [0, 0.1) is 12.3 Å². The Morgan fingerprint density at radius 1 is 1.92 bits per heavy atom. The van der Waals surface area contributed by atoms with E-state index in [0.29, 0.717) is 5.82 Å². The first-order chi connectivity index (χ1) is 6.24. The lowest BCUT2D eigenvalue weighted by molar-refractivity contribution is -0.117. The van der Waals surface area contributed by atoms with E-state index in [0.717, 1.165) is 0 Å². The number of rotatable bonds is 3. The average molecular weight is 179 g/mol. The number of anilines is 1. The van der Waals surface area contributed by atoms with E-state index in [4.69, 9.17) is 12.2 Å². The van der Waals surface area contributed by atoms with Crippen molar-refractivity contribution in [2.75, 3.05) is 5.32 Å². The Balaban J connectivity index is 2.47. The monoisotopic (exact) mass is 179 g/mol. The zero-order chi connectivity index (χ0) is 9.68. The maximum absolute atomic E-state index is 11.2. The Bertz CT molecular complexity index is 313. The number of carbonyl (C=O) groups excluding carboxylic acids is 1. The minimum absolute atomic E-state index is 0.198. The van der Waals surface area contributed by atoms with Gasteiger partial charge in [-0.05, 0) is 0 Å². The molecule has 5 heteroatoms. The summed E-state index contributed by atoms with van der Waals surface area (Å²) in [6, 6.07) is 0.808. The predicted octanol–water partition coefficient (Wildman–Crippen LogP) is -0.0363. The van der Waals surface area contributed by atoms with Gasteiger partial charge >= 0.3 is 0 Å². The number of nitrogens with zero attached hydrogens (tertiary/aromatic N) is 1. The van der Waals surface area contributed by atoms with Crippen LogP contribution < -0.4 is 11.1 Å². The number of terminal acetylenes is 1. The summed E-state index contributed by atoms with van der Waals surface area (Å²) in [5.74, 6) is 2.26. The van der Waals surface area contributed by atoms with Crippen LogP contribution in [0.2, 0.25) is 0 Å². The fourth-order valence-electron chi connectivity index (χ4n) is 0.716. The van der Waals surface area contributed by atoms with Crippen molar-refractivity contribution >= 4 is 11.7 Å². The van der Waals surface area contributed by atoms with Crippen LogP contribution in [-0.4, -0.2) is 17.1 Å². The molecular weight excluding hydrogens is 170 g/mol. The van der Waals surface area contributed by atoms with Gasteiger partial charge in [-0.15, -0.1) is 12.3 Å². The molecule has 0 saturated carbocycles. The Morgan fingerprint density at radius 3 is 3.23 bits per heavy atom. The summed E-state index contributed by atoms with van der Waals surface area (Å²) in [6.45, 7) is 0. The smallest absolute Gasteiger partial charge is 0.243 e. The second kappa shape index (κ2) is 4.28. The first kappa shape index (κ1) is 9.29. The van der Waals surface area contributed by atoms with E-state index >= 15 is 0 Å². The highest BCUT2D eigenvalue weighted by molar-refractivity contribution is 5.93. The Morgan fingerprint density at radius 2 is 2.69 bits per heavy atom. The van der Waals surface area contributed by atoms with Gasteiger partial charge < -0.3 is 15.6 Å². The lowest BCUT2D eigenvalue weighted by Crippen LogP contribution is -2.35. The van der Waals surface area contributed by atoms with Crippen molar-refractivity contribution in [3.05, 3.63) is 12.3 Å². The van der Waals surface area contributed by atoms with Crippen LogP contribution in [0.1, 0.15) is 6.42 Å². The highest BCUT2D eigenvalue weighted by atomic mass is 16.5. The maximum atomic E-state index is 11.2. The molecular formula is C8H9N3O2. The van der Waals surface area contributed by atoms with Crippen molar-refractivity contribution < 1.29 is 9.32 Å². The zero-order valence-corrected chi connectivity index (χ0v) is 6.86. The number of nitrogens with two attached hydrogens (primary N) is 1. The molecule has 0 saturated heterocycles. The van der Waals surface area contributed by atoms with Gasteiger partial charge in [-0.2, -0.15) is 0 Å². The molecule has 5 nitrogen and oxygen atoms in total. The van der Waals surface area contributed by atoms with Crippen LogP contribution in [0.25, 0.3) is 0 Å². The van der Waals surface area contributed by atoms with Crippen molar-refractivity contribution in [2.45, 2.75) is 12.5 Å². The fourth-order valence-corrected chi connectivity index (χ4v) is 0.716. The number of hydrogen-bond acceptors (Lipinski definition) is 4. The first-order valence-electron chi connectivity index (χ1n) is 3.64. The summed E-state index contributed by atoms with van der Waals surface area (Å²) in [6.07, 6.45) is 6.54. The van der Waals surface area contributed by atoms with Crippen molar-refractivity contribution in [1.29, 1.82) is 0 Å². The summed E-state index contributed by atoms with van der Waals surface area (Å²) < 4.78 is 4.51. The molecule has 1 aromatic rings. The first-order valence-corrected chi connectivity index (χ1v) is 3.64. The van der Waals surface area contributed by atoms with E-state index in [1.807, 2.05) is 0 Å². The van der Waals surface area contributed by atoms with Crippen LogP contribution in [0.3, 0.4) is 0 Å². The third-order valence-corrected chi connectivity index (χ3v) is 1.36. The van der Waals surface area contributed by atoms with Gasteiger partial charge in [0.25, 0.3) is 0 Å². The van der Waals surface area contributed by atoms with Crippen molar-refractivity contribution in [2.24, 2.45) is 5.73 Å². The molecule has 0 spiro atoms. The molecule has 1 heterocycles. The largest absolute Gasteiger partial charge is 0.363 e. The fraction of sp³-hybridized carbons (Fsp3) is 0.250. The molecule has 0 aliphatic heterocycles. The molecule has 1 unspecified atom stereocenters. The molecule has 0 aromatic carbocycles. The molecule has 13 heavy (non-hydrogen) atoms. The van der Waals surface area contributed by atoms with Gasteiger partial charge in [0, 0.05) is 12.5 Å². The minimum atomic E-state index is -0.707. The summed E-state index contributed by atoms with van der Waals surface area (Å²) in [5, 5.41) is 5.93. The molecule has 1 rings (SSSR count). The highest BCUT2D eigenvalue weighted by Gasteiger charge is 2.12. The maximum Gasteiger partial charge on any atom is 0.243 e. The van der Waals surface area contributed by atoms with Crippen molar-refractivity contribution in [1.82, 2.24) is 5.16 Å². The molecule has 68 valence electrons. The molecule has 1 aromatic heterocycles. The van der Waals surface area contributed by atoms with Crippen LogP contribution in [0.5, 0.6) is 0 Å². The summed E-state index contributed by atoms with van der Waals surface area (Å²) >= 11 is 0. The lowest BCUT2D eigenvalue weighted by Gasteiger charge is -2.05. The zero-order valence-electron chi connectivity index (χ0n) is 6.86. The second-order valence-electron chi connectivity index (χ2n) is 2.39. The number of amides is 1. The minimum Gasteiger partial charge on any atom is -0.363 e. The molecule has 0 fully saturated rings. The lowest BCUT2D eigenvalue weighted by atomic mass is 10.2. The topological polar surface area (TPSA) is 81.2 Å². The number of carbonyl (C=O) groups is 1. The Kier molecular flexibility index (Phi) is 3.06. The molecule has 0 radical (unpaired) electrons. The van der Waals surface area contributed by atoms with Gasteiger partial charge in [-0.1, -0.05) is 5.16 Å². The molecule has 0 aliphatic rings. The standard InChI is InChI=1S/C8H9N3O2/c1-2-3-6(9)8(12)10-7-4-5-13-11-7/h1,4-6H,3,9H2,(H,10,11,12). The van der Waals surface area contributed by atoms with Crippen molar-refractivity contribution in [3.63, 3.8) is 0 Å². The van der Waals surface area contributed by atoms with Gasteiger partial charge in [0.2, 0.25) is 5.91 Å². The van der Waals surface area contributed by atoms with Crippen LogP contribution in [-0.2, 0) is 4.79 Å². The average Bonchev–Trinajstić information content (AvgIpc) is 2.57. The van der Waals surface area contributed by atoms with Crippen LogP contribution in [0.15, 0.2) is 16.9 Å². The van der Waals surface area contributed by atoms with Crippen molar-refractivity contribution in [3.8, 4) is 12.3 Å². The molecule has 3 N–H and O–H groups in total. The van der Waals surface area contributed by atoms with E-state index < -0.39 is 6.04 Å². The van der Waals surface area contributed by atoms with E-state index in [2.05, 4.69) is 20.9 Å². The van der Waals surface area contributed by atoms with Gasteiger partial charge in [-0.25, -0.2) is 0 Å². The third-order valence-electron chi connectivity index (χ3n) is 1.36. The van der Waals surface area contributed by atoms with Gasteiger partial charge in [0.1, 0.15) is 6.26 Å². The normalized spacial score (nSPS) is 11.7. The molecule has 0 aliphatic carbocycles. The summed E-state index contributed by atoms with van der Waals surface area (Å²) in [4.78, 5) is 11.2. The quantitative estimate of drug-likeness (QED) is 0.638. The number of hydrogen-bond donors (Lipinski definition) is 2.